The van der Waals surface area contributed by atoms with Gasteiger partial charge < -0.3 is 5.41 Å². The van der Waals surface area contributed by atoms with Crippen LogP contribution >= 0.6 is 0 Å². The Morgan fingerprint density at radius 2 is 1.64 bits per heavy atom. The Morgan fingerprint density at radius 3 is 1.82 bits per heavy atom. The van der Waals surface area contributed by atoms with Crippen molar-refractivity contribution in [1.29, 1.82) is 0 Å². The zero-order valence-electron chi connectivity index (χ0n) is 6.66. The normalized spacial score (nSPS) is 7.45. The molecule has 1 aromatic carbocycles. The van der Waals surface area contributed by atoms with E-state index in [2.05, 4.69) is 38.1 Å². The molecule has 0 radical (unpaired) electrons. The molecule has 0 N–H and O–H groups in total. The highest BCUT2D eigenvalue weighted by Crippen LogP contribution is 2.00. The fraction of sp³-hybridized carbons (Fsp3) is 0.222. The summed E-state index contributed by atoms with van der Waals surface area (Å²) in [7, 11) is 0. The molecule has 1 aromatic rings. The number of hydrogen-bond donors (Lipinski definition) is 0. The van der Waals surface area contributed by atoms with Crippen molar-refractivity contribution in [2.24, 2.45) is 0 Å². The Kier molecular flexibility index (Phi) is 4.70. The van der Waals surface area contributed by atoms with Crippen molar-refractivity contribution in [3.63, 3.8) is 0 Å². The summed E-state index contributed by atoms with van der Waals surface area (Å²) in [6.45, 7) is 4.21. The third-order valence-corrected chi connectivity index (χ3v) is 1.17. The van der Waals surface area contributed by atoms with Crippen LogP contribution in [0.1, 0.15) is 11.1 Å². The van der Waals surface area contributed by atoms with E-state index in [1.54, 1.807) is 0 Å². The van der Waals surface area contributed by atoms with E-state index in [0.717, 1.165) is 0 Å². The Morgan fingerprint density at radius 1 is 1.27 bits per heavy atom. The molecule has 0 bridgehead atoms. The van der Waals surface area contributed by atoms with Gasteiger partial charge in [-0.2, -0.15) is 0 Å². The van der Waals surface area contributed by atoms with Crippen LogP contribution in [-0.4, -0.2) is 6.08 Å². The van der Waals surface area contributed by atoms with Gasteiger partial charge in [-0.15, -0.1) is 0 Å². The molecule has 0 aromatic heterocycles. The lowest BCUT2D eigenvalue weighted by atomic mass is 10.2. The predicted molar refractivity (Wildman–Crippen MR) is 45.0 cm³/mol. The quantitative estimate of drug-likeness (QED) is 0.410. The van der Waals surface area contributed by atoms with E-state index in [1.165, 1.54) is 11.1 Å². The number of nitrogens with zero attached hydrogens (tertiary/aromatic N) is 1. The van der Waals surface area contributed by atoms with Crippen molar-refractivity contribution in [2.75, 3.05) is 0 Å². The van der Waals surface area contributed by atoms with Crippen LogP contribution in [-0.2, 0) is 4.79 Å². The topological polar surface area (TPSA) is 39.4 Å². The van der Waals surface area contributed by atoms with Gasteiger partial charge in [-0.25, -0.2) is 0 Å². The van der Waals surface area contributed by atoms with Crippen LogP contribution in [0.2, 0.25) is 0 Å². The summed E-state index contributed by atoms with van der Waals surface area (Å²) >= 11 is 0. The first-order chi connectivity index (χ1) is 5.20. The lowest BCUT2D eigenvalue weighted by molar-refractivity contribution is 0.569. The van der Waals surface area contributed by atoms with Crippen LogP contribution in [0.25, 0.3) is 5.41 Å². The summed E-state index contributed by atoms with van der Waals surface area (Å²) in [5, 5.41) is 6.76. The van der Waals surface area contributed by atoms with E-state index < -0.39 is 0 Å². The van der Waals surface area contributed by atoms with E-state index in [9.17, 15) is 0 Å². The molecule has 58 valence electrons. The highest BCUT2D eigenvalue weighted by atomic mass is 16.1. The van der Waals surface area contributed by atoms with Gasteiger partial charge in [0.15, 0.2) is 0 Å². The van der Waals surface area contributed by atoms with Gasteiger partial charge in [-0.1, -0.05) is 35.4 Å². The smallest absolute Gasteiger partial charge is 0.0159 e. The van der Waals surface area contributed by atoms with Gasteiger partial charge in [0.25, 0.3) is 0 Å². The third kappa shape index (κ3) is 5.07. The predicted octanol–water partition coefficient (Wildman–Crippen LogP) is 2.20. The maximum atomic E-state index is 8.24. The first-order valence-electron chi connectivity index (χ1n) is 3.25. The molecule has 2 nitrogen and oxygen atoms in total. The second-order valence-electron chi connectivity index (χ2n) is 2.25. The van der Waals surface area contributed by atoms with Gasteiger partial charge in [-0.05, 0) is 19.9 Å². The third-order valence-electron chi connectivity index (χ3n) is 1.17. The van der Waals surface area contributed by atoms with Gasteiger partial charge in [-0.3, -0.25) is 4.79 Å². The largest absolute Gasteiger partial charge is 0.724 e. The van der Waals surface area contributed by atoms with Crippen LogP contribution in [0.3, 0.4) is 0 Å². The molecule has 0 aliphatic carbocycles. The van der Waals surface area contributed by atoms with Gasteiger partial charge >= 0.3 is 0 Å². The van der Waals surface area contributed by atoms with Crippen LogP contribution in [0.5, 0.6) is 0 Å². The average molecular weight is 148 g/mol. The molecule has 0 aliphatic heterocycles. The van der Waals surface area contributed by atoms with Crippen molar-refractivity contribution in [3.8, 4) is 0 Å². The van der Waals surface area contributed by atoms with Crippen molar-refractivity contribution in [3.05, 3.63) is 40.8 Å². The molecule has 0 atom stereocenters. The van der Waals surface area contributed by atoms with E-state index in [-0.39, 0.29) is 0 Å². The zero-order valence-corrected chi connectivity index (χ0v) is 6.66. The second-order valence-corrected chi connectivity index (χ2v) is 2.25. The van der Waals surface area contributed by atoms with E-state index in [0.29, 0.717) is 6.08 Å². The first-order valence-corrected chi connectivity index (χ1v) is 3.25. The molecule has 0 aliphatic rings. The average Bonchev–Trinajstić information content (AvgIpc) is 1.88. The van der Waals surface area contributed by atoms with Gasteiger partial charge in [0.2, 0.25) is 0 Å². The number of aryl methyl sites for hydroxylation is 2. The molecule has 1 rings (SSSR count). The molecule has 0 spiro atoms. The van der Waals surface area contributed by atoms with Gasteiger partial charge in [0.1, 0.15) is 0 Å². The highest BCUT2D eigenvalue weighted by molar-refractivity contribution is 5.36. The maximum Gasteiger partial charge on any atom is -0.0159 e. The summed E-state index contributed by atoms with van der Waals surface area (Å²) < 4.78 is 0. The fourth-order valence-electron chi connectivity index (χ4n) is 0.807. The van der Waals surface area contributed by atoms with Crippen LogP contribution in [0.4, 0.5) is 0 Å². The van der Waals surface area contributed by atoms with Gasteiger partial charge in [0.05, 0.1) is 0 Å². The molecular formula is C9H10NO-. The van der Waals surface area contributed by atoms with Crippen LogP contribution < -0.4 is 0 Å². The molecule has 2 heteroatoms. The number of rotatable bonds is 0. The summed E-state index contributed by atoms with van der Waals surface area (Å²) in [6.07, 6.45) is 0.500. The fourth-order valence-corrected chi connectivity index (χ4v) is 0.807. The molecule has 0 heterocycles. The minimum absolute atomic E-state index is 0.500. The lowest BCUT2D eigenvalue weighted by Gasteiger charge is -1.90. The number of isocyanates is 1. The molecular weight excluding hydrogens is 138 g/mol. The number of benzene rings is 1. The Hall–Kier alpha value is -1.40. The Labute approximate surface area is 66.4 Å². The maximum absolute atomic E-state index is 8.24. The monoisotopic (exact) mass is 148 g/mol. The minimum Gasteiger partial charge on any atom is -0.724 e. The summed E-state index contributed by atoms with van der Waals surface area (Å²) in [5.74, 6) is 0. The van der Waals surface area contributed by atoms with E-state index >= 15 is 0 Å². The van der Waals surface area contributed by atoms with Crippen molar-refractivity contribution < 1.29 is 4.79 Å². The van der Waals surface area contributed by atoms with Crippen LogP contribution in [0, 0.1) is 13.8 Å². The molecule has 0 amide bonds. The molecule has 0 unspecified atom stereocenters. The SMILES string of the molecule is Cc1cccc(C)c1.[N-]=C=O. The van der Waals surface area contributed by atoms with Crippen molar-refractivity contribution in [1.82, 2.24) is 0 Å². The number of hydrogen-bond acceptors (Lipinski definition) is 1. The van der Waals surface area contributed by atoms with Gasteiger partial charge in [0, 0.05) is 0 Å². The number of carbonyl (C=O) groups excluding carboxylic acids is 1. The molecule has 0 saturated carbocycles. The van der Waals surface area contributed by atoms with Crippen molar-refractivity contribution in [2.45, 2.75) is 13.8 Å². The summed E-state index contributed by atoms with van der Waals surface area (Å²) in [6, 6.07) is 8.45. The van der Waals surface area contributed by atoms with E-state index in [1.807, 2.05) is 0 Å². The second kappa shape index (κ2) is 5.39. The molecule has 0 fully saturated rings. The van der Waals surface area contributed by atoms with E-state index in [4.69, 9.17) is 10.2 Å². The summed E-state index contributed by atoms with van der Waals surface area (Å²) in [4.78, 5) is 8.24. The Balaban J connectivity index is 0.000000292. The molecule has 11 heavy (non-hydrogen) atoms. The Bertz CT molecular complexity index is 232. The minimum atomic E-state index is 0.500. The zero-order chi connectivity index (χ0) is 8.69. The van der Waals surface area contributed by atoms with Crippen LogP contribution in [0.15, 0.2) is 24.3 Å². The van der Waals surface area contributed by atoms with Crippen molar-refractivity contribution >= 4 is 6.08 Å². The standard InChI is InChI=1S/C8H10.CNO/c1-7-4-3-5-8(2)6-7;2-1-3/h3-6H,1-2H3;/q;-1. The lowest BCUT2D eigenvalue weighted by Crippen LogP contribution is -1.71. The molecule has 0 saturated heterocycles. The highest BCUT2D eigenvalue weighted by Gasteiger charge is 1.80. The first kappa shape index (κ1) is 9.60. The summed E-state index contributed by atoms with van der Waals surface area (Å²) in [5.41, 5.74) is 2.68.